The third-order valence-corrected chi connectivity index (χ3v) is 3.56. The predicted molar refractivity (Wildman–Crippen MR) is 74.0 cm³/mol. The van der Waals surface area contributed by atoms with E-state index in [1.807, 2.05) is 26.1 Å². The van der Waals surface area contributed by atoms with Crippen LogP contribution in [0.2, 0.25) is 0 Å². The van der Waals surface area contributed by atoms with E-state index >= 15 is 0 Å². The molecule has 2 nitrogen and oxygen atoms in total. The first kappa shape index (κ1) is 13.2. The zero-order valence-corrected chi connectivity index (χ0v) is 11.8. The second kappa shape index (κ2) is 5.59. The van der Waals surface area contributed by atoms with E-state index < -0.39 is 0 Å². The Morgan fingerprint density at radius 2 is 2.11 bits per heavy atom. The molecule has 1 unspecified atom stereocenters. The Hall–Kier alpha value is -1.26. The van der Waals surface area contributed by atoms with Crippen molar-refractivity contribution in [3.8, 4) is 0 Å². The highest BCUT2D eigenvalue weighted by atomic mass is 79.9. The first-order chi connectivity index (χ1) is 8.63. The molecule has 1 aromatic carbocycles. The number of nitrogens with one attached hydrogen (secondary N) is 1. The lowest BCUT2D eigenvalue weighted by Crippen LogP contribution is -2.20. The summed E-state index contributed by atoms with van der Waals surface area (Å²) in [5.41, 5.74) is 2.83. The van der Waals surface area contributed by atoms with Gasteiger partial charge in [0.1, 0.15) is 5.82 Å². The Kier molecular flexibility index (Phi) is 4.09. The Balaban J connectivity index is 2.49. The van der Waals surface area contributed by atoms with Crippen LogP contribution in [0.15, 0.2) is 41.0 Å². The third kappa shape index (κ3) is 2.60. The monoisotopic (exact) mass is 308 g/mol. The molecule has 1 atom stereocenters. The van der Waals surface area contributed by atoms with Crippen LogP contribution in [0, 0.1) is 12.7 Å². The minimum atomic E-state index is -0.216. The maximum absolute atomic E-state index is 13.2. The Labute approximate surface area is 114 Å². The van der Waals surface area contributed by atoms with E-state index in [1.165, 1.54) is 12.1 Å². The van der Waals surface area contributed by atoms with E-state index in [1.54, 1.807) is 12.3 Å². The molecule has 0 aliphatic carbocycles. The van der Waals surface area contributed by atoms with Crippen LogP contribution in [0.3, 0.4) is 0 Å². The second-order valence-electron chi connectivity index (χ2n) is 4.09. The summed E-state index contributed by atoms with van der Waals surface area (Å²) < 4.78 is 14.1. The summed E-state index contributed by atoms with van der Waals surface area (Å²) in [5.74, 6) is -0.216. The normalized spacial score (nSPS) is 12.4. The summed E-state index contributed by atoms with van der Waals surface area (Å²) in [6.07, 6.45) is 1.75. The first-order valence-electron chi connectivity index (χ1n) is 5.67. The molecule has 0 radical (unpaired) electrons. The number of aromatic nitrogens is 1. The van der Waals surface area contributed by atoms with Crippen LogP contribution in [0.25, 0.3) is 0 Å². The molecule has 1 aromatic heterocycles. The van der Waals surface area contributed by atoms with Crippen LogP contribution >= 0.6 is 15.9 Å². The quantitative estimate of drug-likeness (QED) is 0.937. The summed E-state index contributed by atoms with van der Waals surface area (Å²) >= 11 is 3.50. The Morgan fingerprint density at radius 3 is 2.72 bits per heavy atom. The van der Waals surface area contributed by atoms with Crippen molar-refractivity contribution in [2.75, 3.05) is 7.05 Å². The zero-order valence-electron chi connectivity index (χ0n) is 10.2. The lowest BCUT2D eigenvalue weighted by atomic mass is 9.98. The lowest BCUT2D eigenvalue weighted by Gasteiger charge is -2.19. The number of nitrogens with zero attached hydrogens (tertiary/aromatic N) is 1. The maximum Gasteiger partial charge on any atom is 0.123 e. The summed E-state index contributed by atoms with van der Waals surface area (Å²) in [6.45, 7) is 1.90. The SMILES string of the molecule is CNC(c1ccc(F)cc1C)c1ncccc1Br. The van der Waals surface area contributed by atoms with Crippen LogP contribution in [0.4, 0.5) is 4.39 Å². The van der Waals surface area contributed by atoms with Gasteiger partial charge in [0.2, 0.25) is 0 Å². The summed E-state index contributed by atoms with van der Waals surface area (Å²) in [4.78, 5) is 4.39. The van der Waals surface area contributed by atoms with E-state index in [2.05, 4.69) is 26.2 Å². The van der Waals surface area contributed by atoms with Gasteiger partial charge >= 0.3 is 0 Å². The van der Waals surface area contributed by atoms with Crippen molar-refractivity contribution in [1.29, 1.82) is 0 Å². The Bertz CT molecular complexity index is 557. The highest BCUT2D eigenvalue weighted by Gasteiger charge is 2.18. The van der Waals surface area contributed by atoms with Crippen molar-refractivity contribution in [2.24, 2.45) is 0 Å². The average molecular weight is 309 g/mol. The van der Waals surface area contributed by atoms with Gasteiger partial charge in [-0.2, -0.15) is 0 Å². The highest BCUT2D eigenvalue weighted by molar-refractivity contribution is 9.10. The number of pyridine rings is 1. The maximum atomic E-state index is 13.2. The molecule has 4 heteroatoms. The van der Waals surface area contributed by atoms with E-state index in [-0.39, 0.29) is 11.9 Å². The van der Waals surface area contributed by atoms with Crippen LogP contribution in [0.1, 0.15) is 22.9 Å². The van der Waals surface area contributed by atoms with E-state index in [4.69, 9.17) is 0 Å². The van der Waals surface area contributed by atoms with Crippen molar-refractivity contribution in [3.05, 3.63) is 63.6 Å². The van der Waals surface area contributed by atoms with Crippen molar-refractivity contribution in [2.45, 2.75) is 13.0 Å². The second-order valence-corrected chi connectivity index (χ2v) is 4.95. The van der Waals surface area contributed by atoms with Gasteiger partial charge in [0, 0.05) is 10.7 Å². The van der Waals surface area contributed by atoms with Gasteiger partial charge in [-0.3, -0.25) is 4.98 Å². The number of aryl methyl sites for hydroxylation is 1. The lowest BCUT2D eigenvalue weighted by molar-refractivity contribution is 0.618. The van der Waals surface area contributed by atoms with E-state index in [9.17, 15) is 4.39 Å². The molecule has 0 aliphatic heterocycles. The van der Waals surface area contributed by atoms with Gasteiger partial charge in [0.05, 0.1) is 11.7 Å². The van der Waals surface area contributed by atoms with Gasteiger partial charge in [0.15, 0.2) is 0 Å². The summed E-state index contributed by atoms with van der Waals surface area (Å²) in [5, 5.41) is 3.22. The molecule has 0 saturated heterocycles. The fourth-order valence-electron chi connectivity index (χ4n) is 2.01. The minimum Gasteiger partial charge on any atom is -0.308 e. The van der Waals surface area contributed by atoms with Crippen LogP contribution in [0.5, 0.6) is 0 Å². The van der Waals surface area contributed by atoms with Crippen molar-refractivity contribution in [3.63, 3.8) is 0 Å². The molecule has 0 spiro atoms. The predicted octanol–water partition coefficient (Wildman–Crippen LogP) is 3.60. The van der Waals surface area contributed by atoms with Gasteiger partial charge < -0.3 is 5.32 Å². The largest absolute Gasteiger partial charge is 0.308 e. The molecule has 0 bridgehead atoms. The molecule has 0 amide bonds. The molecule has 18 heavy (non-hydrogen) atoms. The van der Waals surface area contributed by atoms with Crippen LogP contribution in [-0.4, -0.2) is 12.0 Å². The standard InChI is InChI=1S/C14H14BrFN2/c1-9-8-10(16)5-6-11(9)13(17-2)14-12(15)4-3-7-18-14/h3-8,13,17H,1-2H3. The molecule has 2 rings (SSSR count). The molecular weight excluding hydrogens is 295 g/mol. The van der Waals surface area contributed by atoms with Gasteiger partial charge in [-0.25, -0.2) is 4.39 Å². The first-order valence-corrected chi connectivity index (χ1v) is 6.46. The molecule has 1 heterocycles. The fraction of sp³-hybridized carbons (Fsp3) is 0.214. The highest BCUT2D eigenvalue weighted by Crippen LogP contribution is 2.28. The average Bonchev–Trinajstić information content (AvgIpc) is 2.34. The number of rotatable bonds is 3. The smallest absolute Gasteiger partial charge is 0.123 e. The van der Waals surface area contributed by atoms with E-state index in [0.717, 1.165) is 21.3 Å². The fourth-order valence-corrected chi connectivity index (χ4v) is 2.50. The van der Waals surface area contributed by atoms with Gasteiger partial charge in [0.25, 0.3) is 0 Å². The number of hydrogen-bond donors (Lipinski definition) is 1. The van der Waals surface area contributed by atoms with Crippen molar-refractivity contribution < 1.29 is 4.39 Å². The van der Waals surface area contributed by atoms with Gasteiger partial charge in [-0.1, -0.05) is 6.07 Å². The molecule has 0 saturated carbocycles. The zero-order chi connectivity index (χ0) is 13.1. The molecule has 2 aromatic rings. The summed E-state index contributed by atoms with van der Waals surface area (Å²) in [6, 6.07) is 8.58. The molecular formula is C14H14BrFN2. The van der Waals surface area contributed by atoms with Crippen LogP contribution < -0.4 is 5.32 Å². The molecule has 0 aliphatic rings. The topological polar surface area (TPSA) is 24.9 Å². The molecule has 1 N–H and O–H groups in total. The molecule has 0 fully saturated rings. The van der Waals surface area contributed by atoms with E-state index in [0.29, 0.717) is 0 Å². The van der Waals surface area contributed by atoms with Gasteiger partial charge in [-0.05, 0) is 65.3 Å². The van der Waals surface area contributed by atoms with Crippen molar-refractivity contribution in [1.82, 2.24) is 10.3 Å². The van der Waals surface area contributed by atoms with Crippen LogP contribution in [-0.2, 0) is 0 Å². The number of hydrogen-bond acceptors (Lipinski definition) is 2. The minimum absolute atomic E-state index is 0.0545. The third-order valence-electron chi connectivity index (χ3n) is 2.89. The number of benzene rings is 1. The Morgan fingerprint density at radius 1 is 1.33 bits per heavy atom. The molecule has 94 valence electrons. The number of halogens is 2. The van der Waals surface area contributed by atoms with Gasteiger partial charge in [-0.15, -0.1) is 0 Å². The van der Waals surface area contributed by atoms with Crippen molar-refractivity contribution >= 4 is 15.9 Å². The summed E-state index contributed by atoms with van der Waals surface area (Å²) in [7, 11) is 1.87.